The van der Waals surface area contributed by atoms with Crippen molar-refractivity contribution < 1.29 is 9.59 Å². The fourth-order valence-electron chi connectivity index (χ4n) is 2.57. The first-order valence-electron chi connectivity index (χ1n) is 7.60. The van der Waals surface area contributed by atoms with Gasteiger partial charge in [-0.05, 0) is 55.3 Å². The van der Waals surface area contributed by atoms with Gasteiger partial charge < -0.3 is 5.73 Å². The van der Waals surface area contributed by atoms with Gasteiger partial charge in [0.15, 0.2) is 0 Å². The van der Waals surface area contributed by atoms with Gasteiger partial charge in [-0.2, -0.15) is 10.2 Å². The Morgan fingerprint density at radius 1 is 0.960 bits per heavy atom. The summed E-state index contributed by atoms with van der Waals surface area (Å²) in [5.41, 5.74) is 9.43. The Morgan fingerprint density at radius 3 is 1.96 bits per heavy atom. The van der Waals surface area contributed by atoms with Crippen LogP contribution in [0.5, 0.6) is 0 Å². The Balaban J connectivity index is 2.39. The van der Waals surface area contributed by atoms with Gasteiger partial charge in [-0.1, -0.05) is 11.6 Å². The van der Waals surface area contributed by atoms with Gasteiger partial charge >= 0.3 is 0 Å². The van der Waals surface area contributed by atoms with Gasteiger partial charge in [0.05, 0.1) is 27.8 Å². The van der Waals surface area contributed by atoms with Crippen molar-refractivity contribution >= 4 is 46.2 Å². The molecule has 0 spiro atoms. The number of rotatable bonds is 3. The summed E-state index contributed by atoms with van der Waals surface area (Å²) in [5, 5.41) is 8.75. The molecule has 2 aromatic rings. The Bertz CT molecular complexity index is 840. The SMILES string of the molecule is CC(=O)N(C(C)=O)c1c(C)cc(N=Nc2ccc(N)c(Cl)c2)cc1C. The maximum absolute atomic E-state index is 11.8. The quantitative estimate of drug-likeness (QED) is 0.628. The molecule has 0 heterocycles. The summed E-state index contributed by atoms with van der Waals surface area (Å²) in [6, 6.07) is 8.54. The molecule has 7 heteroatoms. The number of halogens is 1. The van der Waals surface area contributed by atoms with Crippen molar-refractivity contribution in [3.63, 3.8) is 0 Å². The number of nitrogen functional groups attached to an aromatic ring is 1. The number of imide groups is 1. The second kappa shape index (κ2) is 7.44. The van der Waals surface area contributed by atoms with Crippen LogP contribution in [0, 0.1) is 13.8 Å². The Morgan fingerprint density at radius 2 is 1.48 bits per heavy atom. The van der Waals surface area contributed by atoms with Crippen LogP contribution < -0.4 is 10.6 Å². The van der Waals surface area contributed by atoms with Gasteiger partial charge in [0.2, 0.25) is 11.8 Å². The van der Waals surface area contributed by atoms with Gasteiger partial charge in [-0.25, -0.2) is 0 Å². The number of azo groups is 1. The first-order valence-corrected chi connectivity index (χ1v) is 7.97. The number of hydrogen-bond donors (Lipinski definition) is 1. The molecular formula is C18H19ClN4O2. The minimum atomic E-state index is -0.329. The number of benzene rings is 2. The molecule has 130 valence electrons. The van der Waals surface area contributed by atoms with Crippen LogP contribution >= 0.6 is 11.6 Å². The smallest absolute Gasteiger partial charge is 0.230 e. The Labute approximate surface area is 151 Å². The first-order chi connectivity index (χ1) is 11.7. The van der Waals surface area contributed by atoms with Crippen LogP contribution in [0.2, 0.25) is 5.02 Å². The third kappa shape index (κ3) is 4.22. The Hall–Kier alpha value is -2.73. The zero-order valence-corrected chi connectivity index (χ0v) is 15.3. The van der Waals surface area contributed by atoms with Crippen molar-refractivity contribution in [2.45, 2.75) is 27.7 Å². The van der Waals surface area contributed by atoms with Crippen LogP contribution in [0.3, 0.4) is 0 Å². The normalized spacial score (nSPS) is 10.9. The molecule has 0 aromatic heterocycles. The van der Waals surface area contributed by atoms with E-state index in [4.69, 9.17) is 17.3 Å². The van der Waals surface area contributed by atoms with Crippen molar-refractivity contribution in [3.8, 4) is 0 Å². The van der Waals surface area contributed by atoms with Crippen molar-refractivity contribution in [2.24, 2.45) is 10.2 Å². The van der Waals surface area contributed by atoms with Gasteiger partial charge in [0.1, 0.15) is 0 Å². The molecule has 0 unspecified atom stereocenters. The molecule has 0 aliphatic rings. The van der Waals surface area contributed by atoms with E-state index in [0.717, 1.165) is 16.0 Å². The molecule has 2 N–H and O–H groups in total. The number of carbonyl (C=O) groups excluding carboxylic acids is 2. The lowest BCUT2D eigenvalue weighted by Gasteiger charge is -2.22. The number of anilines is 2. The molecule has 0 saturated carbocycles. The molecule has 0 atom stereocenters. The summed E-state index contributed by atoms with van der Waals surface area (Å²) in [6.45, 7) is 6.36. The number of nitrogens with zero attached hydrogens (tertiary/aromatic N) is 3. The summed E-state index contributed by atoms with van der Waals surface area (Å²) >= 11 is 5.96. The van der Waals surface area contributed by atoms with Crippen molar-refractivity contribution in [1.82, 2.24) is 0 Å². The van der Waals surface area contributed by atoms with Gasteiger partial charge in [-0.15, -0.1) is 0 Å². The first kappa shape index (κ1) is 18.6. The monoisotopic (exact) mass is 358 g/mol. The van der Waals surface area contributed by atoms with E-state index < -0.39 is 0 Å². The number of carbonyl (C=O) groups is 2. The van der Waals surface area contributed by atoms with Crippen molar-refractivity contribution in [3.05, 3.63) is 46.5 Å². The second-order valence-corrected chi connectivity index (χ2v) is 6.11. The number of nitrogens with two attached hydrogens (primary N) is 1. The van der Waals surface area contributed by atoms with E-state index in [-0.39, 0.29) is 11.8 Å². The molecule has 2 aromatic carbocycles. The highest BCUT2D eigenvalue weighted by atomic mass is 35.5. The van der Waals surface area contributed by atoms with Gasteiger partial charge in [-0.3, -0.25) is 14.5 Å². The molecule has 0 fully saturated rings. The standard InChI is InChI=1S/C18H19ClN4O2/c1-10-7-15(22-21-14-5-6-17(20)16(19)9-14)8-11(2)18(10)23(12(3)24)13(4)25/h5-9H,20H2,1-4H3. The molecule has 0 aliphatic carbocycles. The van der Waals surface area contributed by atoms with Crippen LogP contribution in [0.1, 0.15) is 25.0 Å². The highest BCUT2D eigenvalue weighted by Gasteiger charge is 2.20. The highest BCUT2D eigenvalue weighted by molar-refractivity contribution is 6.33. The molecule has 6 nitrogen and oxygen atoms in total. The number of amides is 2. The molecule has 25 heavy (non-hydrogen) atoms. The second-order valence-electron chi connectivity index (χ2n) is 5.71. The predicted octanol–water partition coefficient (Wildman–Crippen LogP) is 4.85. The van der Waals surface area contributed by atoms with E-state index in [1.165, 1.54) is 13.8 Å². The molecule has 0 aliphatic heterocycles. The van der Waals surface area contributed by atoms with Gasteiger partial charge in [0.25, 0.3) is 0 Å². The third-order valence-corrected chi connectivity index (χ3v) is 3.92. The predicted molar refractivity (Wildman–Crippen MR) is 99.8 cm³/mol. The summed E-state index contributed by atoms with van der Waals surface area (Å²) < 4.78 is 0. The maximum Gasteiger partial charge on any atom is 0.230 e. The van der Waals surface area contributed by atoms with E-state index in [2.05, 4.69) is 10.2 Å². The van der Waals surface area contributed by atoms with E-state index in [0.29, 0.717) is 27.8 Å². The fraction of sp³-hybridized carbons (Fsp3) is 0.222. The lowest BCUT2D eigenvalue weighted by Crippen LogP contribution is -2.34. The zero-order valence-electron chi connectivity index (χ0n) is 14.5. The largest absolute Gasteiger partial charge is 0.398 e. The van der Waals surface area contributed by atoms with E-state index in [9.17, 15) is 9.59 Å². The fourth-order valence-corrected chi connectivity index (χ4v) is 2.75. The average Bonchev–Trinajstić information content (AvgIpc) is 2.51. The Kier molecular flexibility index (Phi) is 5.54. The third-order valence-electron chi connectivity index (χ3n) is 3.59. The lowest BCUT2D eigenvalue weighted by molar-refractivity contribution is -0.124. The summed E-state index contributed by atoms with van der Waals surface area (Å²) in [5.74, 6) is -0.658. The molecule has 2 amide bonds. The van der Waals surface area contributed by atoms with Crippen LogP contribution in [0.25, 0.3) is 0 Å². The number of aryl methyl sites for hydroxylation is 2. The van der Waals surface area contributed by atoms with Crippen LogP contribution in [-0.2, 0) is 9.59 Å². The zero-order chi connectivity index (χ0) is 18.7. The van der Waals surface area contributed by atoms with Gasteiger partial charge in [0, 0.05) is 13.8 Å². The van der Waals surface area contributed by atoms with Crippen LogP contribution in [-0.4, -0.2) is 11.8 Å². The summed E-state index contributed by atoms with van der Waals surface area (Å²) in [6.07, 6.45) is 0. The van der Waals surface area contributed by atoms with E-state index in [1.807, 2.05) is 13.8 Å². The minimum absolute atomic E-state index is 0.329. The minimum Gasteiger partial charge on any atom is -0.398 e. The molecule has 2 rings (SSSR count). The van der Waals surface area contributed by atoms with Crippen LogP contribution in [0.4, 0.5) is 22.7 Å². The summed E-state index contributed by atoms with van der Waals surface area (Å²) in [7, 11) is 0. The maximum atomic E-state index is 11.8. The molecule has 0 saturated heterocycles. The molecule has 0 bridgehead atoms. The van der Waals surface area contributed by atoms with Crippen LogP contribution in [0.15, 0.2) is 40.6 Å². The average molecular weight is 359 g/mol. The van der Waals surface area contributed by atoms with E-state index >= 15 is 0 Å². The topological polar surface area (TPSA) is 88.1 Å². The van der Waals surface area contributed by atoms with E-state index in [1.54, 1.807) is 30.3 Å². The van der Waals surface area contributed by atoms with Crippen molar-refractivity contribution in [1.29, 1.82) is 0 Å². The molecule has 0 radical (unpaired) electrons. The number of hydrogen-bond acceptors (Lipinski definition) is 5. The lowest BCUT2D eigenvalue weighted by atomic mass is 10.1. The highest BCUT2D eigenvalue weighted by Crippen LogP contribution is 2.31. The summed E-state index contributed by atoms with van der Waals surface area (Å²) in [4.78, 5) is 24.7. The van der Waals surface area contributed by atoms with Crippen molar-refractivity contribution in [2.75, 3.05) is 10.6 Å². The molecular weight excluding hydrogens is 340 g/mol.